The van der Waals surface area contributed by atoms with Crippen molar-refractivity contribution in [2.24, 2.45) is 5.92 Å². The Balaban J connectivity index is 1.95. The standard InChI is InChI=1S/C20H20N2O2/c1-2-13-8-10-14(11-9-13)16-17-19(23)21-12-22-20(17)24-18(16)15-6-4-3-5-7-15/h3-7,10,12-13H,2,8-9,11H2,1H3,(H,21,22,23). The zero-order chi connectivity index (χ0) is 16.5. The Labute approximate surface area is 140 Å². The molecule has 1 unspecified atom stereocenters. The molecule has 0 saturated heterocycles. The van der Waals surface area contributed by atoms with Gasteiger partial charge in [0.05, 0.1) is 6.33 Å². The highest BCUT2D eigenvalue weighted by molar-refractivity contribution is 5.96. The molecule has 1 aliphatic rings. The number of allylic oxidation sites excluding steroid dienone is 2. The molecule has 2 aromatic heterocycles. The van der Waals surface area contributed by atoms with Crippen LogP contribution in [0.2, 0.25) is 0 Å². The fourth-order valence-corrected chi connectivity index (χ4v) is 3.53. The highest BCUT2D eigenvalue weighted by atomic mass is 16.3. The average Bonchev–Trinajstić information content (AvgIpc) is 3.03. The Morgan fingerprint density at radius 2 is 2.12 bits per heavy atom. The summed E-state index contributed by atoms with van der Waals surface area (Å²) in [5.41, 5.74) is 3.37. The number of benzene rings is 1. The second-order valence-corrected chi connectivity index (χ2v) is 6.36. The first-order chi connectivity index (χ1) is 11.8. The quantitative estimate of drug-likeness (QED) is 0.755. The van der Waals surface area contributed by atoms with Gasteiger partial charge in [0.2, 0.25) is 5.71 Å². The van der Waals surface area contributed by atoms with Gasteiger partial charge in [-0.15, -0.1) is 0 Å². The molecule has 0 aliphatic heterocycles. The predicted molar refractivity (Wildman–Crippen MR) is 95.7 cm³/mol. The Morgan fingerprint density at radius 3 is 2.83 bits per heavy atom. The third-order valence-electron chi connectivity index (χ3n) is 4.95. The first-order valence-corrected chi connectivity index (χ1v) is 8.53. The highest BCUT2D eigenvalue weighted by Crippen LogP contribution is 2.40. The Morgan fingerprint density at radius 1 is 1.29 bits per heavy atom. The number of furan rings is 1. The van der Waals surface area contributed by atoms with Gasteiger partial charge >= 0.3 is 0 Å². The van der Waals surface area contributed by atoms with E-state index in [0.717, 1.165) is 42.1 Å². The Kier molecular flexibility index (Phi) is 3.81. The van der Waals surface area contributed by atoms with Crippen molar-refractivity contribution in [3.05, 3.63) is 58.7 Å². The molecule has 1 aliphatic carbocycles. The van der Waals surface area contributed by atoms with E-state index in [1.54, 1.807) is 0 Å². The third kappa shape index (κ3) is 2.48. The van der Waals surface area contributed by atoms with Crippen molar-refractivity contribution in [1.82, 2.24) is 9.97 Å². The minimum atomic E-state index is -0.139. The number of nitrogens with one attached hydrogen (secondary N) is 1. The van der Waals surface area contributed by atoms with Crippen LogP contribution in [0.15, 0.2) is 51.9 Å². The van der Waals surface area contributed by atoms with Crippen LogP contribution >= 0.6 is 0 Å². The molecule has 1 aromatic carbocycles. The zero-order valence-corrected chi connectivity index (χ0v) is 13.7. The van der Waals surface area contributed by atoms with Gasteiger partial charge in [0.25, 0.3) is 5.56 Å². The monoisotopic (exact) mass is 320 g/mol. The minimum absolute atomic E-state index is 0.139. The van der Waals surface area contributed by atoms with Crippen LogP contribution < -0.4 is 5.56 Å². The van der Waals surface area contributed by atoms with Crippen LogP contribution in [0.3, 0.4) is 0 Å². The van der Waals surface area contributed by atoms with E-state index in [1.165, 1.54) is 18.3 Å². The summed E-state index contributed by atoms with van der Waals surface area (Å²) in [6.45, 7) is 2.24. The van der Waals surface area contributed by atoms with Gasteiger partial charge < -0.3 is 9.40 Å². The molecule has 0 spiro atoms. The van der Waals surface area contributed by atoms with E-state index >= 15 is 0 Å². The minimum Gasteiger partial charge on any atom is -0.437 e. The van der Waals surface area contributed by atoms with E-state index in [1.807, 2.05) is 30.3 Å². The van der Waals surface area contributed by atoms with E-state index in [2.05, 4.69) is 23.0 Å². The lowest BCUT2D eigenvalue weighted by Gasteiger charge is -2.20. The van der Waals surface area contributed by atoms with Crippen LogP contribution in [0.5, 0.6) is 0 Å². The summed E-state index contributed by atoms with van der Waals surface area (Å²) in [4.78, 5) is 19.3. The van der Waals surface area contributed by atoms with E-state index in [9.17, 15) is 4.79 Å². The van der Waals surface area contributed by atoms with E-state index in [4.69, 9.17) is 4.42 Å². The lowest BCUT2D eigenvalue weighted by Crippen LogP contribution is -2.09. The molecular weight excluding hydrogens is 300 g/mol. The van der Waals surface area contributed by atoms with E-state index < -0.39 is 0 Å². The predicted octanol–water partition coefficient (Wildman–Crippen LogP) is 4.78. The van der Waals surface area contributed by atoms with Gasteiger partial charge in [-0.2, -0.15) is 0 Å². The Hall–Kier alpha value is -2.62. The van der Waals surface area contributed by atoms with Gasteiger partial charge in [0.15, 0.2) is 0 Å². The molecule has 0 fully saturated rings. The van der Waals surface area contributed by atoms with Crippen molar-refractivity contribution in [2.45, 2.75) is 32.6 Å². The number of hydrogen-bond donors (Lipinski definition) is 1. The summed E-state index contributed by atoms with van der Waals surface area (Å²) < 4.78 is 6.00. The molecule has 4 heteroatoms. The van der Waals surface area contributed by atoms with Gasteiger partial charge in [0.1, 0.15) is 11.1 Å². The van der Waals surface area contributed by atoms with Crippen LogP contribution in [0, 0.1) is 5.92 Å². The lowest BCUT2D eigenvalue weighted by atomic mass is 9.84. The molecule has 3 aromatic rings. The summed E-state index contributed by atoms with van der Waals surface area (Å²) in [7, 11) is 0. The maximum atomic E-state index is 12.4. The van der Waals surface area contributed by atoms with Crippen molar-refractivity contribution in [1.29, 1.82) is 0 Å². The number of aromatic amines is 1. The summed E-state index contributed by atoms with van der Waals surface area (Å²) >= 11 is 0. The molecule has 0 amide bonds. The SMILES string of the molecule is CCC1CC=C(c2c(-c3ccccc3)oc3nc[nH]c(=O)c23)CC1. The molecule has 0 radical (unpaired) electrons. The molecular formula is C20H20N2O2. The fraction of sp³-hybridized carbons (Fsp3) is 0.300. The van der Waals surface area contributed by atoms with Crippen molar-refractivity contribution >= 4 is 16.7 Å². The first kappa shape index (κ1) is 14.9. The smallest absolute Gasteiger partial charge is 0.262 e. The van der Waals surface area contributed by atoms with Crippen LogP contribution in [0.4, 0.5) is 0 Å². The lowest BCUT2D eigenvalue weighted by molar-refractivity contribution is 0.470. The molecule has 0 bridgehead atoms. The number of nitrogens with zero attached hydrogens (tertiary/aromatic N) is 1. The maximum Gasteiger partial charge on any atom is 0.262 e. The van der Waals surface area contributed by atoms with Crippen molar-refractivity contribution in [3.8, 4) is 11.3 Å². The first-order valence-electron chi connectivity index (χ1n) is 8.53. The van der Waals surface area contributed by atoms with Crippen LogP contribution in [0.1, 0.15) is 38.2 Å². The van der Waals surface area contributed by atoms with Gasteiger partial charge in [-0.1, -0.05) is 49.8 Å². The number of H-pyrrole nitrogens is 1. The number of fused-ring (bicyclic) bond motifs is 1. The van der Waals surface area contributed by atoms with Crippen LogP contribution in [-0.4, -0.2) is 9.97 Å². The largest absolute Gasteiger partial charge is 0.437 e. The normalized spacial score (nSPS) is 17.9. The summed E-state index contributed by atoms with van der Waals surface area (Å²) in [6, 6.07) is 9.95. The van der Waals surface area contributed by atoms with E-state index in [0.29, 0.717) is 11.1 Å². The summed E-state index contributed by atoms with van der Waals surface area (Å²) in [5, 5.41) is 0.567. The van der Waals surface area contributed by atoms with Gasteiger partial charge in [-0.3, -0.25) is 4.79 Å². The molecule has 1 atom stereocenters. The number of rotatable bonds is 3. The molecule has 122 valence electrons. The second kappa shape index (κ2) is 6.11. The summed E-state index contributed by atoms with van der Waals surface area (Å²) in [5.74, 6) is 1.49. The summed E-state index contributed by atoms with van der Waals surface area (Å²) in [6.07, 6.45) is 8.06. The van der Waals surface area contributed by atoms with Gasteiger partial charge in [0, 0.05) is 11.1 Å². The second-order valence-electron chi connectivity index (χ2n) is 6.36. The fourth-order valence-electron chi connectivity index (χ4n) is 3.53. The maximum absolute atomic E-state index is 12.4. The zero-order valence-electron chi connectivity index (χ0n) is 13.7. The Bertz CT molecular complexity index is 951. The van der Waals surface area contributed by atoms with E-state index in [-0.39, 0.29) is 5.56 Å². The number of hydrogen-bond acceptors (Lipinski definition) is 3. The highest BCUT2D eigenvalue weighted by Gasteiger charge is 2.24. The molecule has 0 saturated carbocycles. The van der Waals surface area contributed by atoms with Crippen molar-refractivity contribution < 1.29 is 4.42 Å². The number of aromatic nitrogens is 2. The molecule has 4 rings (SSSR count). The van der Waals surface area contributed by atoms with Gasteiger partial charge in [-0.25, -0.2) is 4.98 Å². The molecule has 2 heterocycles. The van der Waals surface area contributed by atoms with Gasteiger partial charge in [-0.05, 0) is 30.8 Å². The van der Waals surface area contributed by atoms with Crippen LogP contribution in [-0.2, 0) is 0 Å². The third-order valence-corrected chi connectivity index (χ3v) is 4.95. The molecule has 24 heavy (non-hydrogen) atoms. The van der Waals surface area contributed by atoms with Crippen molar-refractivity contribution in [2.75, 3.05) is 0 Å². The van der Waals surface area contributed by atoms with Crippen molar-refractivity contribution in [3.63, 3.8) is 0 Å². The molecule has 1 N–H and O–H groups in total. The average molecular weight is 320 g/mol. The topological polar surface area (TPSA) is 58.9 Å². The molecule has 4 nitrogen and oxygen atoms in total. The van der Waals surface area contributed by atoms with Crippen LogP contribution in [0.25, 0.3) is 28.0 Å².